The molecule has 0 heterocycles. The molecule has 0 saturated carbocycles. The van der Waals surface area contributed by atoms with Gasteiger partial charge in [0.1, 0.15) is 0 Å². The fraction of sp³-hybridized carbons (Fsp3) is 0.571. The highest BCUT2D eigenvalue weighted by Crippen LogP contribution is 2.20. The zero-order chi connectivity index (χ0) is 12.0. The summed E-state index contributed by atoms with van der Waals surface area (Å²) in [4.78, 5) is 0. The number of benzene rings is 1. The summed E-state index contributed by atoms with van der Waals surface area (Å²) in [5.74, 6) is 0. The highest BCUT2D eigenvalue weighted by atomic mass is 16.3. The fourth-order valence-corrected chi connectivity index (χ4v) is 1.84. The average Bonchev–Trinajstić information content (AvgIpc) is 2.35. The second kappa shape index (κ2) is 6.54. The van der Waals surface area contributed by atoms with Crippen molar-refractivity contribution in [1.29, 1.82) is 0 Å². The molecule has 0 saturated heterocycles. The van der Waals surface area contributed by atoms with E-state index in [4.69, 9.17) is 0 Å². The molecule has 0 amide bonds. The van der Waals surface area contributed by atoms with Crippen LogP contribution in [-0.4, -0.2) is 18.3 Å². The second-order valence-corrected chi connectivity index (χ2v) is 4.20. The van der Waals surface area contributed by atoms with E-state index >= 15 is 0 Å². The molecule has 16 heavy (non-hydrogen) atoms. The molecule has 0 fully saturated rings. The molecule has 1 unspecified atom stereocenters. The van der Waals surface area contributed by atoms with Gasteiger partial charge in [0.2, 0.25) is 0 Å². The molecule has 90 valence electrons. The van der Waals surface area contributed by atoms with E-state index in [0.29, 0.717) is 0 Å². The number of nitrogens with one attached hydrogen (secondary N) is 1. The molecular formula is C14H23NO. The minimum Gasteiger partial charge on any atom is -0.393 e. The fourth-order valence-electron chi connectivity index (χ4n) is 1.84. The van der Waals surface area contributed by atoms with Gasteiger partial charge in [0.15, 0.2) is 0 Å². The van der Waals surface area contributed by atoms with E-state index in [1.807, 2.05) is 14.0 Å². The molecule has 0 radical (unpaired) electrons. The highest BCUT2D eigenvalue weighted by Gasteiger charge is 2.06. The van der Waals surface area contributed by atoms with Crippen molar-refractivity contribution in [3.8, 4) is 0 Å². The van der Waals surface area contributed by atoms with Crippen LogP contribution in [0.1, 0.15) is 37.8 Å². The van der Waals surface area contributed by atoms with Crippen molar-refractivity contribution in [3.05, 3.63) is 29.3 Å². The largest absolute Gasteiger partial charge is 0.393 e. The maximum Gasteiger partial charge on any atom is 0.0540 e. The Hall–Kier alpha value is -1.02. The van der Waals surface area contributed by atoms with Crippen molar-refractivity contribution in [2.24, 2.45) is 0 Å². The SMILES string of the molecule is CCc1ccc(NC)c(CCC(O)CC)c1. The lowest BCUT2D eigenvalue weighted by Gasteiger charge is -2.13. The lowest BCUT2D eigenvalue weighted by Crippen LogP contribution is -2.07. The Labute approximate surface area is 98.7 Å². The predicted molar refractivity (Wildman–Crippen MR) is 70.0 cm³/mol. The number of rotatable bonds is 6. The monoisotopic (exact) mass is 221 g/mol. The Morgan fingerprint density at radius 2 is 2.06 bits per heavy atom. The molecule has 1 aromatic rings. The van der Waals surface area contributed by atoms with Crippen molar-refractivity contribution in [1.82, 2.24) is 0 Å². The third-order valence-corrected chi connectivity index (χ3v) is 3.07. The topological polar surface area (TPSA) is 32.3 Å². The van der Waals surface area contributed by atoms with Crippen LogP contribution in [0, 0.1) is 0 Å². The van der Waals surface area contributed by atoms with Gasteiger partial charge in [0.25, 0.3) is 0 Å². The molecule has 0 aromatic heterocycles. The first-order valence-corrected chi connectivity index (χ1v) is 6.18. The Balaban J connectivity index is 2.75. The van der Waals surface area contributed by atoms with Gasteiger partial charge in [-0.1, -0.05) is 26.0 Å². The number of aliphatic hydroxyl groups is 1. The average molecular weight is 221 g/mol. The summed E-state index contributed by atoms with van der Waals surface area (Å²) in [6, 6.07) is 6.53. The number of aryl methyl sites for hydroxylation is 2. The molecule has 0 aliphatic heterocycles. The van der Waals surface area contributed by atoms with Crippen molar-refractivity contribution < 1.29 is 5.11 Å². The van der Waals surface area contributed by atoms with Crippen molar-refractivity contribution in [2.75, 3.05) is 12.4 Å². The van der Waals surface area contributed by atoms with E-state index in [0.717, 1.165) is 25.7 Å². The summed E-state index contributed by atoms with van der Waals surface area (Å²) >= 11 is 0. The highest BCUT2D eigenvalue weighted by molar-refractivity contribution is 5.52. The van der Waals surface area contributed by atoms with Gasteiger partial charge in [-0.3, -0.25) is 0 Å². The zero-order valence-corrected chi connectivity index (χ0v) is 10.6. The van der Waals surface area contributed by atoms with Gasteiger partial charge in [-0.2, -0.15) is 0 Å². The third-order valence-electron chi connectivity index (χ3n) is 3.07. The summed E-state index contributed by atoms with van der Waals surface area (Å²) in [5.41, 5.74) is 3.86. The van der Waals surface area contributed by atoms with E-state index in [1.165, 1.54) is 16.8 Å². The van der Waals surface area contributed by atoms with Gasteiger partial charge in [0.05, 0.1) is 6.10 Å². The number of aliphatic hydroxyl groups excluding tert-OH is 1. The summed E-state index contributed by atoms with van der Waals surface area (Å²) in [6.07, 6.45) is 3.52. The summed E-state index contributed by atoms with van der Waals surface area (Å²) in [6.45, 7) is 4.19. The van der Waals surface area contributed by atoms with E-state index in [9.17, 15) is 5.11 Å². The van der Waals surface area contributed by atoms with Crippen LogP contribution in [0.3, 0.4) is 0 Å². The lowest BCUT2D eigenvalue weighted by molar-refractivity contribution is 0.161. The Morgan fingerprint density at radius 3 is 2.62 bits per heavy atom. The molecule has 2 heteroatoms. The Morgan fingerprint density at radius 1 is 1.31 bits per heavy atom. The first kappa shape index (κ1) is 13.0. The van der Waals surface area contributed by atoms with E-state index < -0.39 is 0 Å². The standard InChI is InChI=1S/C14H23NO/c1-4-11-6-9-14(15-3)12(10-11)7-8-13(16)5-2/h6,9-10,13,15-16H,4-5,7-8H2,1-3H3. The molecule has 1 rings (SSSR count). The molecule has 1 aromatic carbocycles. The minimum atomic E-state index is -0.171. The lowest BCUT2D eigenvalue weighted by atomic mass is 10.0. The van der Waals surface area contributed by atoms with Crippen LogP contribution in [0.25, 0.3) is 0 Å². The number of hydrogen-bond donors (Lipinski definition) is 2. The van der Waals surface area contributed by atoms with Crippen LogP contribution in [0.15, 0.2) is 18.2 Å². The minimum absolute atomic E-state index is 0.171. The van der Waals surface area contributed by atoms with Gasteiger partial charge in [-0.25, -0.2) is 0 Å². The molecule has 2 N–H and O–H groups in total. The first-order chi connectivity index (χ1) is 7.71. The molecule has 0 spiro atoms. The number of hydrogen-bond acceptors (Lipinski definition) is 2. The van der Waals surface area contributed by atoms with Crippen molar-refractivity contribution in [2.45, 2.75) is 45.6 Å². The normalized spacial score (nSPS) is 12.5. The smallest absolute Gasteiger partial charge is 0.0540 e. The van der Waals surface area contributed by atoms with Gasteiger partial charge < -0.3 is 10.4 Å². The van der Waals surface area contributed by atoms with Crippen molar-refractivity contribution in [3.63, 3.8) is 0 Å². The van der Waals surface area contributed by atoms with Crippen LogP contribution in [-0.2, 0) is 12.8 Å². The Kier molecular flexibility index (Phi) is 5.33. The van der Waals surface area contributed by atoms with Crippen LogP contribution in [0.4, 0.5) is 5.69 Å². The molecule has 0 bridgehead atoms. The molecule has 2 nitrogen and oxygen atoms in total. The maximum absolute atomic E-state index is 9.59. The molecule has 0 aliphatic rings. The predicted octanol–water partition coefficient (Wildman–Crippen LogP) is 2.99. The van der Waals surface area contributed by atoms with Gasteiger partial charge in [-0.05, 0) is 42.9 Å². The second-order valence-electron chi connectivity index (χ2n) is 4.20. The summed E-state index contributed by atoms with van der Waals surface area (Å²) in [5, 5.41) is 12.8. The van der Waals surface area contributed by atoms with Crippen molar-refractivity contribution >= 4 is 5.69 Å². The number of anilines is 1. The summed E-state index contributed by atoms with van der Waals surface area (Å²) in [7, 11) is 1.95. The maximum atomic E-state index is 9.59. The van der Waals surface area contributed by atoms with Gasteiger partial charge >= 0.3 is 0 Å². The van der Waals surface area contributed by atoms with Crippen LogP contribution < -0.4 is 5.32 Å². The van der Waals surface area contributed by atoms with E-state index in [2.05, 4.69) is 30.4 Å². The summed E-state index contributed by atoms with van der Waals surface area (Å²) < 4.78 is 0. The van der Waals surface area contributed by atoms with E-state index in [-0.39, 0.29) is 6.10 Å². The third kappa shape index (κ3) is 3.53. The molecule has 1 atom stereocenters. The van der Waals surface area contributed by atoms with Gasteiger partial charge in [-0.15, -0.1) is 0 Å². The van der Waals surface area contributed by atoms with Crippen LogP contribution in [0.2, 0.25) is 0 Å². The molecular weight excluding hydrogens is 198 g/mol. The zero-order valence-electron chi connectivity index (χ0n) is 10.6. The van der Waals surface area contributed by atoms with Crippen LogP contribution in [0.5, 0.6) is 0 Å². The molecule has 0 aliphatic carbocycles. The first-order valence-electron chi connectivity index (χ1n) is 6.18. The van der Waals surface area contributed by atoms with Crippen LogP contribution >= 0.6 is 0 Å². The van der Waals surface area contributed by atoms with Gasteiger partial charge in [0, 0.05) is 12.7 Å². The van der Waals surface area contributed by atoms with E-state index in [1.54, 1.807) is 0 Å². The quantitative estimate of drug-likeness (QED) is 0.774. The Bertz CT molecular complexity index is 323.